The number of esters is 1. The highest BCUT2D eigenvalue weighted by atomic mass is 35.5. The van der Waals surface area contributed by atoms with Gasteiger partial charge in [-0.05, 0) is 25.8 Å². The van der Waals surface area contributed by atoms with E-state index in [-0.39, 0.29) is 23.8 Å². The highest BCUT2D eigenvalue weighted by molar-refractivity contribution is 7.99. The number of carbonyl (C=O) groups excluding carboxylic acids is 2. The Hall–Kier alpha value is -1.24. The van der Waals surface area contributed by atoms with Crippen molar-refractivity contribution in [1.29, 1.82) is 0 Å². The molecule has 2 atom stereocenters. The van der Waals surface area contributed by atoms with Crippen molar-refractivity contribution in [2.24, 2.45) is 0 Å². The molecule has 1 saturated heterocycles. The normalized spacial score (nSPS) is 21.4. The van der Waals surface area contributed by atoms with Crippen LogP contribution in [0.25, 0.3) is 0 Å². The molecule has 0 bridgehead atoms. The zero-order chi connectivity index (χ0) is 18.0. The summed E-state index contributed by atoms with van der Waals surface area (Å²) < 4.78 is 4.86. The van der Waals surface area contributed by atoms with Crippen molar-refractivity contribution >= 4 is 35.2 Å². The maximum atomic E-state index is 13.0. The highest BCUT2D eigenvalue weighted by Gasteiger charge is 2.39. The molecule has 0 aromatic heterocycles. The topological polar surface area (TPSA) is 49.9 Å². The van der Waals surface area contributed by atoms with Crippen LogP contribution in [0.4, 0.5) is 0 Å². The fourth-order valence-electron chi connectivity index (χ4n) is 3.20. The molecule has 1 amide bonds. The molecule has 1 aliphatic heterocycles. The first-order valence-corrected chi connectivity index (χ1v) is 9.94. The van der Waals surface area contributed by atoms with Crippen LogP contribution in [0.15, 0.2) is 24.3 Å². The molecule has 0 radical (unpaired) electrons. The van der Waals surface area contributed by atoms with E-state index in [2.05, 4.69) is 0 Å². The molecule has 1 heterocycles. The number of thioether (sulfide) groups is 1. The Morgan fingerprint density at radius 1 is 1.40 bits per heavy atom. The van der Waals surface area contributed by atoms with Crippen LogP contribution >= 0.6 is 23.4 Å². The number of nitrogens with zero attached hydrogens (tertiary/aromatic N) is 2. The molecule has 0 unspecified atom stereocenters. The van der Waals surface area contributed by atoms with Gasteiger partial charge in [-0.2, -0.15) is 0 Å². The van der Waals surface area contributed by atoms with Gasteiger partial charge < -0.3 is 9.64 Å². The van der Waals surface area contributed by atoms with E-state index in [1.165, 1.54) is 7.11 Å². The number of ether oxygens (including phenoxy) is 1. The smallest absolute Gasteiger partial charge is 0.322 e. The zero-order valence-electron chi connectivity index (χ0n) is 14.5. The van der Waals surface area contributed by atoms with Gasteiger partial charge in [-0.3, -0.25) is 14.5 Å². The standard InChI is InChI=1S/C18H23ClN2O3S/c1-12(18(23)24-2)21(13-7-8-13)11-16(22)20-9-10-25-17(20)14-5-3-4-6-15(14)19/h3-6,12-13,17H,7-11H2,1-2H3/t12-,17-/m1/s1. The van der Waals surface area contributed by atoms with Gasteiger partial charge >= 0.3 is 5.97 Å². The second-order valence-electron chi connectivity index (χ2n) is 6.43. The lowest BCUT2D eigenvalue weighted by Gasteiger charge is -2.31. The van der Waals surface area contributed by atoms with E-state index in [0.717, 1.165) is 24.2 Å². The molecule has 25 heavy (non-hydrogen) atoms. The summed E-state index contributed by atoms with van der Waals surface area (Å²) in [5, 5.41) is 0.623. The molecular formula is C18H23ClN2O3S. The molecular weight excluding hydrogens is 360 g/mol. The van der Waals surface area contributed by atoms with Gasteiger partial charge in [-0.1, -0.05) is 29.8 Å². The average molecular weight is 383 g/mol. The van der Waals surface area contributed by atoms with E-state index < -0.39 is 6.04 Å². The Bertz CT molecular complexity index is 653. The number of benzene rings is 1. The highest BCUT2D eigenvalue weighted by Crippen LogP contribution is 2.41. The first-order chi connectivity index (χ1) is 12.0. The molecule has 1 aromatic carbocycles. The minimum Gasteiger partial charge on any atom is -0.468 e. The van der Waals surface area contributed by atoms with Crippen LogP contribution in [0.5, 0.6) is 0 Å². The third kappa shape index (κ3) is 4.13. The van der Waals surface area contributed by atoms with Gasteiger partial charge in [0.1, 0.15) is 11.4 Å². The minimum atomic E-state index is -0.407. The van der Waals surface area contributed by atoms with E-state index in [9.17, 15) is 9.59 Å². The summed E-state index contributed by atoms with van der Waals surface area (Å²) >= 11 is 8.06. The van der Waals surface area contributed by atoms with Gasteiger partial charge in [0.05, 0.1) is 13.7 Å². The van der Waals surface area contributed by atoms with E-state index in [0.29, 0.717) is 17.6 Å². The van der Waals surface area contributed by atoms with E-state index in [1.54, 1.807) is 11.8 Å². The maximum Gasteiger partial charge on any atom is 0.322 e. The fourth-order valence-corrected chi connectivity index (χ4v) is 4.82. The van der Waals surface area contributed by atoms with Gasteiger partial charge in [0.2, 0.25) is 5.91 Å². The quantitative estimate of drug-likeness (QED) is 0.708. The summed E-state index contributed by atoms with van der Waals surface area (Å²) in [6.45, 7) is 2.74. The molecule has 1 aliphatic carbocycles. The number of methoxy groups -OCH3 is 1. The van der Waals surface area contributed by atoms with Crippen molar-refractivity contribution < 1.29 is 14.3 Å². The Labute approximate surface area is 157 Å². The third-order valence-electron chi connectivity index (χ3n) is 4.76. The van der Waals surface area contributed by atoms with E-state index in [1.807, 2.05) is 41.0 Å². The van der Waals surface area contributed by atoms with Crippen LogP contribution in [0, 0.1) is 0 Å². The molecule has 1 saturated carbocycles. The minimum absolute atomic E-state index is 0.0394. The monoisotopic (exact) mass is 382 g/mol. The molecule has 7 heteroatoms. The fraction of sp³-hybridized carbons (Fsp3) is 0.556. The molecule has 3 rings (SSSR count). The predicted octanol–water partition coefficient (Wildman–Crippen LogP) is 2.94. The molecule has 1 aromatic rings. The van der Waals surface area contributed by atoms with Crippen molar-refractivity contribution in [3.8, 4) is 0 Å². The Morgan fingerprint density at radius 3 is 2.76 bits per heavy atom. The summed E-state index contributed by atoms with van der Waals surface area (Å²) in [5.74, 6) is 0.633. The third-order valence-corrected chi connectivity index (χ3v) is 6.34. The van der Waals surface area contributed by atoms with Gasteiger partial charge in [0.15, 0.2) is 0 Å². The summed E-state index contributed by atoms with van der Waals surface area (Å²) in [6, 6.07) is 7.56. The lowest BCUT2D eigenvalue weighted by Crippen LogP contribution is -2.47. The summed E-state index contributed by atoms with van der Waals surface area (Å²) in [5.41, 5.74) is 0.971. The number of hydrogen-bond acceptors (Lipinski definition) is 5. The SMILES string of the molecule is COC(=O)[C@@H](C)N(CC(=O)N1CCS[C@@H]1c1ccccc1Cl)C1CC1. The molecule has 0 N–H and O–H groups in total. The van der Waals surface area contributed by atoms with Crippen LogP contribution in [0.2, 0.25) is 5.02 Å². The summed E-state index contributed by atoms with van der Waals surface area (Å²) in [6.07, 6.45) is 2.05. The van der Waals surface area contributed by atoms with Crippen molar-refractivity contribution in [2.75, 3.05) is 26.0 Å². The van der Waals surface area contributed by atoms with Crippen LogP contribution in [-0.4, -0.2) is 59.7 Å². The lowest BCUT2D eigenvalue weighted by atomic mass is 10.2. The number of amides is 1. The van der Waals surface area contributed by atoms with Crippen molar-refractivity contribution in [1.82, 2.24) is 9.80 Å². The zero-order valence-corrected chi connectivity index (χ0v) is 16.1. The summed E-state index contributed by atoms with van der Waals surface area (Å²) in [7, 11) is 1.39. The second-order valence-corrected chi connectivity index (χ2v) is 8.03. The number of rotatable bonds is 6. The number of halogens is 1. The van der Waals surface area contributed by atoms with E-state index >= 15 is 0 Å². The molecule has 2 fully saturated rings. The van der Waals surface area contributed by atoms with Crippen LogP contribution in [0.1, 0.15) is 30.7 Å². The van der Waals surface area contributed by atoms with Crippen LogP contribution in [-0.2, 0) is 14.3 Å². The predicted molar refractivity (Wildman–Crippen MR) is 99.6 cm³/mol. The van der Waals surface area contributed by atoms with Gasteiger partial charge in [-0.15, -0.1) is 11.8 Å². The van der Waals surface area contributed by atoms with Crippen molar-refractivity contribution in [3.05, 3.63) is 34.9 Å². The van der Waals surface area contributed by atoms with Crippen LogP contribution < -0.4 is 0 Å². The average Bonchev–Trinajstić information content (AvgIpc) is 3.34. The van der Waals surface area contributed by atoms with Crippen molar-refractivity contribution in [3.63, 3.8) is 0 Å². The van der Waals surface area contributed by atoms with E-state index in [4.69, 9.17) is 16.3 Å². The molecule has 0 spiro atoms. The lowest BCUT2D eigenvalue weighted by molar-refractivity contribution is -0.147. The first-order valence-electron chi connectivity index (χ1n) is 8.52. The molecule has 2 aliphatic rings. The van der Waals surface area contributed by atoms with Crippen molar-refractivity contribution in [2.45, 2.75) is 37.2 Å². The molecule has 136 valence electrons. The number of hydrogen-bond donors (Lipinski definition) is 0. The van der Waals surface area contributed by atoms with Gasteiger partial charge in [0, 0.05) is 28.9 Å². The second kappa shape index (κ2) is 7.98. The Balaban J connectivity index is 1.73. The number of carbonyl (C=O) groups is 2. The Morgan fingerprint density at radius 2 is 2.12 bits per heavy atom. The van der Waals surface area contributed by atoms with Crippen LogP contribution in [0.3, 0.4) is 0 Å². The Kier molecular flexibility index (Phi) is 5.92. The largest absolute Gasteiger partial charge is 0.468 e. The van der Waals surface area contributed by atoms with Gasteiger partial charge in [0.25, 0.3) is 0 Å². The van der Waals surface area contributed by atoms with Gasteiger partial charge in [-0.25, -0.2) is 0 Å². The molecule has 5 nitrogen and oxygen atoms in total. The maximum absolute atomic E-state index is 13.0. The first kappa shape index (κ1) is 18.5. The summed E-state index contributed by atoms with van der Waals surface area (Å²) in [4.78, 5) is 28.7.